The summed E-state index contributed by atoms with van der Waals surface area (Å²) in [4.78, 5) is 0. The Labute approximate surface area is 181 Å². The Kier molecular flexibility index (Phi) is 8.97. The summed E-state index contributed by atoms with van der Waals surface area (Å²) in [5.41, 5.74) is 5.27. The van der Waals surface area contributed by atoms with E-state index in [1.54, 1.807) is 35.8 Å². The molecule has 0 N–H and O–H groups in total. The molecule has 2 fully saturated rings. The fourth-order valence-electron chi connectivity index (χ4n) is 5.24. The third kappa shape index (κ3) is 6.20. The van der Waals surface area contributed by atoms with Gasteiger partial charge in [0, 0.05) is 48.2 Å². The summed E-state index contributed by atoms with van der Waals surface area (Å²) in [7, 11) is -0.210. The van der Waals surface area contributed by atoms with Gasteiger partial charge >= 0.3 is 0 Å². The molecule has 2 aromatic carbocycles. The van der Waals surface area contributed by atoms with Crippen molar-refractivity contribution >= 4 is 15.8 Å². The second-order valence-corrected chi connectivity index (χ2v) is 14.6. The average Bonchev–Trinajstić information content (AvgIpc) is 3.31. The molecule has 0 aromatic heterocycles. The van der Waals surface area contributed by atoms with Gasteiger partial charge in [-0.25, -0.2) is 0 Å². The van der Waals surface area contributed by atoms with E-state index in [9.17, 15) is 0 Å². The summed E-state index contributed by atoms with van der Waals surface area (Å²) < 4.78 is 0. The maximum absolute atomic E-state index is 2.34. The predicted molar refractivity (Wildman–Crippen MR) is 122 cm³/mol. The maximum Gasteiger partial charge on any atom is 0.0908 e. The van der Waals surface area contributed by atoms with E-state index >= 15 is 0 Å². The molecule has 2 aliphatic rings. The maximum atomic E-state index is 2.34. The van der Waals surface area contributed by atoms with Crippen molar-refractivity contribution in [3.8, 4) is 0 Å². The van der Waals surface area contributed by atoms with Crippen LogP contribution in [0.5, 0.6) is 0 Å². The summed E-state index contributed by atoms with van der Waals surface area (Å²) in [6, 6.07) is 22.6. The number of rotatable bonds is 7. The first-order valence-electron chi connectivity index (χ1n) is 10.7. The largest absolute Gasteiger partial charge is 0.0908 e. The van der Waals surface area contributed by atoms with E-state index in [4.69, 9.17) is 0 Å². The van der Waals surface area contributed by atoms with Crippen molar-refractivity contribution < 1.29 is 19.5 Å². The Hall–Kier alpha value is -0.0766. The summed E-state index contributed by atoms with van der Waals surface area (Å²) in [6.07, 6.45) is 15.2. The van der Waals surface area contributed by atoms with Gasteiger partial charge in [-0.05, 0) is 36.8 Å². The van der Waals surface area contributed by atoms with E-state index in [1.807, 2.05) is 0 Å². The molecule has 0 aliphatic carbocycles. The van der Waals surface area contributed by atoms with Crippen molar-refractivity contribution in [2.75, 3.05) is 24.6 Å². The molecular formula is C24H34P2Rh+2. The molecule has 3 heteroatoms. The van der Waals surface area contributed by atoms with Gasteiger partial charge in [0.15, 0.2) is 0 Å². The van der Waals surface area contributed by atoms with Crippen molar-refractivity contribution in [2.24, 2.45) is 0 Å². The molecule has 4 rings (SSSR count). The van der Waals surface area contributed by atoms with Crippen LogP contribution in [0.4, 0.5) is 0 Å². The Bertz CT molecular complexity index is 601. The molecule has 0 bridgehead atoms. The summed E-state index contributed by atoms with van der Waals surface area (Å²) >= 11 is 0. The van der Waals surface area contributed by atoms with Crippen molar-refractivity contribution in [3.05, 3.63) is 71.8 Å². The average molecular weight is 487 g/mol. The number of hydrogen-bond acceptors (Lipinski definition) is 0. The van der Waals surface area contributed by atoms with E-state index in [1.165, 1.54) is 38.5 Å². The molecule has 2 aromatic rings. The van der Waals surface area contributed by atoms with Crippen LogP contribution in [0, 0.1) is 0 Å². The van der Waals surface area contributed by atoms with Crippen molar-refractivity contribution in [1.29, 1.82) is 0 Å². The number of benzene rings is 2. The quantitative estimate of drug-likeness (QED) is 0.321. The third-order valence-corrected chi connectivity index (χ3v) is 14.2. The van der Waals surface area contributed by atoms with Crippen LogP contribution in [0.3, 0.4) is 0 Å². The fourth-order valence-corrected chi connectivity index (χ4v) is 13.5. The van der Waals surface area contributed by atoms with Crippen LogP contribution in [-0.2, 0) is 32.3 Å². The van der Waals surface area contributed by atoms with Crippen LogP contribution in [-0.4, -0.2) is 36.0 Å². The molecule has 4 atom stereocenters. The smallest absolute Gasteiger partial charge is 0.0622 e. The first-order valence-corrected chi connectivity index (χ1v) is 14.6. The summed E-state index contributed by atoms with van der Waals surface area (Å²) in [5.74, 6) is 0. The van der Waals surface area contributed by atoms with Crippen LogP contribution in [0.2, 0.25) is 0 Å². The molecule has 147 valence electrons. The number of hydrogen-bond donors (Lipinski definition) is 0. The Morgan fingerprint density at radius 3 is 1.44 bits per heavy atom. The summed E-state index contributed by atoms with van der Waals surface area (Å²) in [6.45, 7) is 0. The van der Waals surface area contributed by atoms with Gasteiger partial charge in [0.1, 0.15) is 0 Å². The first kappa shape index (κ1) is 21.6. The second kappa shape index (κ2) is 11.2. The standard InChI is InChI=1S/C24H32P2.Rh/c1-3-9-21(10-4-1)19-23-13-7-15-25(23)17-18-26-16-8-14-24(26)20-22-11-5-2-6-12-22;/h1-6,9-12,23-24H,7-8,13-20H2;/p+2/t23-,24-,25?,26?;/m0./s1. The molecule has 0 nitrogen and oxygen atoms in total. The van der Waals surface area contributed by atoms with E-state index < -0.39 is 0 Å². The van der Waals surface area contributed by atoms with E-state index in [2.05, 4.69) is 60.7 Å². The molecule has 2 saturated heterocycles. The molecule has 0 amide bonds. The zero-order valence-electron chi connectivity index (χ0n) is 16.3. The van der Waals surface area contributed by atoms with Crippen LogP contribution in [0.25, 0.3) is 0 Å². The van der Waals surface area contributed by atoms with Crippen LogP contribution >= 0.6 is 15.8 Å². The van der Waals surface area contributed by atoms with E-state index in [0.717, 1.165) is 11.3 Å². The van der Waals surface area contributed by atoms with Gasteiger partial charge in [0.2, 0.25) is 0 Å². The molecule has 1 radical (unpaired) electrons. The monoisotopic (exact) mass is 487 g/mol. The van der Waals surface area contributed by atoms with E-state index in [-0.39, 0.29) is 35.3 Å². The Morgan fingerprint density at radius 1 is 0.630 bits per heavy atom. The van der Waals surface area contributed by atoms with Crippen LogP contribution in [0.15, 0.2) is 60.7 Å². The normalized spacial score (nSPS) is 27.4. The summed E-state index contributed by atoms with van der Waals surface area (Å²) in [5, 5.41) is 0. The molecule has 0 saturated carbocycles. The van der Waals surface area contributed by atoms with Gasteiger partial charge in [-0.3, -0.25) is 0 Å². The van der Waals surface area contributed by atoms with Crippen LogP contribution < -0.4 is 0 Å². The minimum atomic E-state index is -0.105. The van der Waals surface area contributed by atoms with Gasteiger partial charge in [-0.15, -0.1) is 0 Å². The predicted octanol–water partition coefficient (Wildman–Crippen LogP) is 6.22. The SMILES string of the molecule is [Rh].c1ccc(C[C@@H]2CCC[PH+]2CC[PH+]2CCC[C@H]2Cc2ccccc2)cc1. The van der Waals surface area contributed by atoms with Gasteiger partial charge in [-0.2, -0.15) is 0 Å². The molecule has 2 heterocycles. The zero-order valence-corrected chi connectivity index (χ0v) is 20.0. The fraction of sp³-hybridized carbons (Fsp3) is 0.500. The van der Waals surface area contributed by atoms with E-state index in [0.29, 0.717) is 0 Å². The molecule has 2 aliphatic heterocycles. The minimum absolute atomic E-state index is 0. The van der Waals surface area contributed by atoms with Gasteiger partial charge in [0.05, 0.1) is 36.0 Å². The second-order valence-electron chi connectivity index (χ2n) is 8.37. The zero-order chi connectivity index (χ0) is 17.6. The molecular weight excluding hydrogens is 453 g/mol. The minimum Gasteiger partial charge on any atom is -0.0622 e. The van der Waals surface area contributed by atoms with Crippen molar-refractivity contribution in [2.45, 2.75) is 49.8 Å². The van der Waals surface area contributed by atoms with Crippen molar-refractivity contribution in [3.63, 3.8) is 0 Å². The molecule has 27 heavy (non-hydrogen) atoms. The topological polar surface area (TPSA) is 0 Å². The Balaban J connectivity index is 0.00000210. The Morgan fingerprint density at radius 2 is 1.04 bits per heavy atom. The van der Waals surface area contributed by atoms with Gasteiger partial charge < -0.3 is 0 Å². The molecule has 0 spiro atoms. The third-order valence-electron chi connectivity index (χ3n) is 6.67. The van der Waals surface area contributed by atoms with Crippen molar-refractivity contribution in [1.82, 2.24) is 0 Å². The van der Waals surface area contributed by atoms with Crippen LogP contribution in [0.1, 0.15) is 36.8 Å². The van der Waals surface area contributed by atoms with Gasteiger partial charge in [0.25, 0.3) is 0 Å². The molecule has 2 unspecified atom stereocenters. The first-order chi connectivity index (χ1) is 12.9. The van der Waals surface area contributed by atoms with Gasteiger partial charge in [-0.1, -0.05) is 60.7 Å².